The van der Waals surface area contributed by atoms with Gasteiger partial charge in [0.25, 0.3) is 0 Å². The van der Waals surface area contributed by atoms with Gasteiger partial charge in [-0.3, -0.25) is 10.1 Å². The lowest BCUT2D eigenvalue weighted by molar-refractivity contribution is -0.386. The number of carboxylic acid groups (broad SMARTS) is 1. The van der Waals surface area contributed by atoms with E-state index in [-0.39, 0.29) is 23.6 Å². The number of aryl methyl sites for hydroxylation is 1. The number of nitrogens with zero attached hydrogens (tertiary/aromatic N) is 3. The molecule has 1 aromatic heterocycles. The summed E-state index contributed by atoms with van der Waals surface area (Å²) in [5.74, 6) is -0.709. The van der Waals surface area contributed by atoms with Crippen LogP contribution in [0.15, 0.2) is 30.6 Å². The van der Waals surface area contributed by atoms with Crippen molar-refractivity contribution in [3.05, 3.63) is 52.1 Å². The zero-order valence-corrected chi connectivity index (χ0v) is 10.5. The van der Waals surface area contributed by atoms with Crippen LogP contribution in [0.5, 0.6) is 5.75 Å². The van der Waals surface area contributed by atoms with Crippen molar-refractivity contribution in [2.24, 2.45) is 7.05 Å². The summed E-state index contributed by atoms with van der Waals surface area (Å²) >= 11 is 0. The highest BCUT2D eigenvalue weighted by molar-refractivity contribution is 5.88. The van der Waals surface area contributed by atoms with E-state index >= 15 is 0 Å². The number of nitro groups is 1. The molecule has 0 atom stereocenters. The van der Waals surface area contributed by atoms with E-state index < -0.39 is 10.9 Å². The van der Waals surface area contributed by atoms with Gasteiger partial charge in [-0.2, -0.15) is 0 Å². The second-order valence-corrected chi connectivity index (χ2v) is 3.99. The fraction of sp³-hybridized carbons (Fsp3) is 0.167. The Morgan fingerprint density at radius 2 is 2.30 bits per heavy atom. The van der Waals surface area contributed by atoms with Crippen LogP contribution >= 0.6 is 0 Å². The molecule has 0 bridgehead atoms. The first-order chi connectivity index (χ1) is 9.49. The summed E-state index contributed by atoms with van der Waals surface area (Å²) in [5.41, 5.74) is -0.366. The third kappa shape index (κ3) is 2.74. The first-order valence-corrected chi connectivity index (χ1v) is 5.60. The molecule has 0 spiro atoms. The van der Waals surface area contributed by atoms with Gasteiger partial charge in [-0.1, -0.05) is 0 Å². The molecule has 2 rings (SSSR count). The van der Waals surface area contributed by atoms with E-state index in [1.54, 1.807) is 24.0 Å². The summed E-state index contributed by atoms with van der Waals surface area (Å²) in [5, 5.41) is 19.8. The number of nitro benzene ring substituents is 1. The van der Waals surface area contributed by atoms with Gasteiger partial charge in [0.05, 0.1) is 10.5 Å². The van der Waals surface area contributed by atoms with Crippen LogP contribution in [0.3, 0.4) is 0 Å². The van der Waals surface area contributed by atoms with Crippen LogP contribution in [-0.2, 0) is 13.7 Å². The standard InChI is InChI=1S/C12H11N3O5/c1-14-5-4-13-11(14)7-20-10-6-8(12(16)17)2-3-9(10)15(18)19/h2-6H,7H2,1H3,(H,16,17). The highest BCUT2D eigenvalue weighted by Gasteiger charge is 2.18. The fourth-order valence-corrected chi connectivity index (χ4v) is 1.59. The normalized spacial score (nSPS) is 10.2. The molecule has 0 fully saturated rings. The summed E-state index contributed by atoms with van der Waals surface area (Å²) < 4.78 is 7.03. The number of ether oxygens (including phenoxy) is 1. The van der Waals surface area contributed by atoms with Gasteiger partial charge in [0, 0.05) is 31.6 Å². The molecular weight excluding hydrogens is 266 g/mol. The Balaban J connectivity index is 2.28. The van der Waals surface area contributed by atoms with Crippen LogP contribution < -0.4 is 4.74 Å². The smallest absolute Gasteiger partial charge is 0.335 e. The van der Waals surface area contributed by atoms with Crippen molar-refractivity contribution in [1.82, 2.24) is 9.55 Å². The maximum absolute atomic E-state index is 10.9. The van der Waals surface area contributed by atoms with Crippen molar-refractivity contribution in [2.45, 2.75) is 6.61 Å². The van der Waals surface area contributed by atoms with E-state index in [2.05, 4.69) is 4.98 Å². The summed E-state index contributed by atoms with van der Waals surface area (Å²) in [6.07, 6.45) is 3.28. The minimum Gasteiger partial charge on any atom is -0.479 e. The first-order valence-electron chi connectivity index (χ1n) is 5.60. The Morgan fingerprint density at radius 3 is 2.85 bits per heavy atom. The Morgan fingerprint density at radius 1 is 1.55 bits per heavy atom. The van der Waals surface area contributed by atoms with Crippen molar-refractivity contribution < 1.29 is 19.6 Å². The predicted molar refractivity (Wildman–Crippen MR) is 67.6 cm³/mol. The number of hydrogen-bond acceptors (Lipinski definition) is 5. The van der Waals surface area contributed by atoms with E-state index in [9.17, 15) is 14.9 Å². The lowest BCUT2D eigenvalue weighted by Gasteiger charge is -2.07. The molecule has 8 nitrogen and oxygen atoms in total. The largest absolute Gasteiger partial charge is 0.479 e. The highest BCUT2D eigenvalue weighted by Crippen LogP contribution is 2.28. The van der Waals surface area contributed by atoms with Crippen LogP contribution in [0.25, 0.3) is 0 Å². The molecule has 1 N–H and O–H groups in total. The van der Waals surface area contributed by atoms with Gasteiger partial charge in [0.2, 0.25) is 0 Å². The van der Waals surface area contributed by atoms with Gasteiger partial charge in [0.1, 0.15) is 12.4 Å². The first kappa shape index (κ1) is 13.5. The van der Waals surface area contributed by atoms with E-state index in [0.29, 0.717) is 5.82 Å². The van der Waals surface area contributed by atoms with Crippen LogP contribution in [0, 0.1) is 10.1 Å². The second-order valence-electron chi connectivity index (χ2n) is 3.99. The number of hydrogen-bond donors (Lipinski definition) is 1. The molecule has 1 aromatic carbocycles. The van der Waals surface area contributed by atoms with Crippen molar-refractivity contribution >= 4 is 11.7 Å². The predicted octanol–water partition coefficient (Wildman–Crippen LogP) is 1.61. The third-order valence-electron chi connectivity index (χ3n) is 2.68. The van der Waals surface area contributed by atoms with E-state index in [4.69, 9.17) is 9.84 Å². The molecule has 8 heteroatoms. The quantitative estimate of drug-likeness (QED) is 0.657. The number of carbonyl (C=O) groups is 1. The van der Waals surface area contributed by atoms with Crippen LogP contribution in [0.2, 0.25) is 0 Å². The molecular formula is C12H11N3O5. The van der Waals surface area contributed by atoms with Crippen LogP contribution in [0.1, 0.15) is 16.2 Å². The number of benzene rings is 1. The molecule has 0 saturated heterocycles. The number of imidazole rings is 1. The number of carboxylic acids is 1. The minimum atomic E-state index is -1.18. The number of rotatable bonds is 5. The fourth-order valence-electron chi connectivity index (χ4n) is 1.59. The Kier molecular flexibility index (Phi) is 3.65. The Bertz CT molecular complexity index is 665. The molecule has 1 heterocycles. The molecule has 2 aromatic rings. The maximum Gasteiger partial charge on any atom is 0.335 e. The molecule has 0 amide bonds. The van der Waals surface area contributed by atoms with Gasteiger partial charge >= 0.3 is 11.7 Å². The zero-order valence-electron chi connectivity index (χ0n) is 10.5. The molecule has 104 valence electrons. The topological polar surface area (TPSA) is 107 Å². The van der Waals surface area contributed by atoms with E-state index in [1.165, 1.54) is 0 Å². The van der Waals surface area contributed by atoms with Gasteiger partial charge in [-0.15, -0.1) is 0 Å². The number of aromatic carboxylic acids is 1. The van der Waals surface area contributed by atoms with Crippen molar-refractivity contribution in [3.8, 4) is 5.75 Å². The lowest BCUT2D eigenvalue weighted by atomic mass is 10.2. The third-order valence-corrected chi connectivity index (χ3v) is 2.68. The van der Waals surface area contributed by atoms with E-state index in [1.807, 2.05) is 0 Å². The van der Waals surface area contributed by atoms with Crippen LogP contribution in [0.4, 0.5) is 5.69 Å². The average Bonchev–Trinajstić information content (AvgIpc) is 2.81. The monoisotopic (exact) mass is 277 g/mol. The van der Waals surface area contributed by atoms with Gasteiger partial charge in [0.15, 0.2) is 5.75 Å². The summed E-state index contributed by atoms with van der Waals surface area (Å²) in [4.78, 5) is 25.2. The zero-order chi connectivity index (χ0) is 14.7. The Hall–Kier alpha value is -2.90. The van der Waals surface area contributed by atoms with E-state index in [0.717, 1.165) is 18.2 Å². The number of aromatic nitrogens is 2. The highest BCUT2D eigenvalue weighted by atomic mass is 16.6. The molecule has 0 aliphatic rings. The second kappa shape index (κ2) is 5.39. The van der Waals surface area contributed by atoms with Crippen LogP contribution in [-0.4, -0.2) is 25.6 Å². The SMILES string of the molecule is Cn1ccnc1COc1cc(C(=O)O)ccc1[N+](=O)[O-]. The van der Waals surface area contributed by atoms with Gasteiger partial charge in [-0.25, -0.2) is 9.78 Å². The molecule has 0 saturated carbocycles. The molecule has 0 radical (unpaired) electrons. The van der Waals surface area contributed by atoms with Crippen molar-refractivity contribution in [3.63, 3.8) is 0 Å². The average molecular weight is 277 g/mol. The molecule has 20 heavy (non-hydrogen) atoms. The van der Waals surface area contributed by atoms with Crippen molar-refractivity contribution in [2.75, 3.05) is 0 Å². The minimum absolute atomic E-state index is 0.00735. The van der Waals surface area contributed by atoms with Crippen molar-refractivity contribution in [1.29, 1.82) is 0 Å². The Labute approximate surface area is 113 Å². The summed E-state index contributed by atoms with van der Waals surface area (Å²) in [7, 11) is 1.76. The van der Waals surface area contributed by atoms with Gasteiger partial charge < -0.3 is 14.4 Å². The molecule has 0 aliphatic carbocycles. The van der Waals surface area contributed by atoms with Gasteiger partial charge in [-0.05, 0) is 6.07 Å². The molecule has 0 unspecified atom stereocenters. The summed E-state index contributed by atoms with van der Waals surface area (Å²) in [6.45, 7) is 0.00735. The lowest BCUT2D eigenvalue weighted by Crippen LogP contribution is -2.06. The summed E-state index contributed by atoms with van der Waals surface area (Å²) in [6, 6.07) is 3.40. The molecule has 0 aliphatic heterocycles. The maximum atomic E-state index is 10.9.